The molecule has 5 nitrogen and oxygen atoms in total. The van der Waals surface area contributed by atoms with Gasteiger partial charge in [-0.15, -0.1) is 0 Å². The maximum absolute atomic E-state index is 12.5. The number of ether oxygens (including phenoxy) is 1. The van der Waals surface area contributed by atoms with Crippen molar-refractivity contribution in [2.75, 3.05) is 38.8 Å². The highest BCUT2D eigenvalue weighted by atomic mass is 32.2. The van der Waals surface area contributed by atoms with Crippen LogP contribution in [0.15, 0.2) is 24.3 Å². The molecule has 122 valence electrons. The van der Waals surface area contributed by atoms with Crippen LogP contribution in [-0.2, 0) is 9.84 Å². The normalized spacial score (nSPS) is 17.4. The smallest absolute Gasteiger partial charge is 0.166 e. The summed E-state index contributed by atoms with van der Waals surface area (Å²) in [5.41, 5.74) is 0.718. The summed E-state index contributed by atoms with van der Waals surface area (Å²) >= 11 is 0. The summed E-state index contributed by atoms with van der Waals surface area (Å²) in [6.45, 7) is 2.12. The predicted octanol–water partition coefficient (Wildman–Crippen LogP) is 1.63. The van der Waals surface area contributed by atoms with E-state index in [2.05, 4.69) is 4.90 Å². The zero-order valence-electron chi connectivity index (χ0n) is 13.1. The van der Waals surface area contributed by atoms with Crippen molar-refractivity contribution in [1.82, 2.24) is 4.90 Å². The number of methoxy groups -OCH3 is 1. The highest BCUT2D eigenvalue weighted by molar-refractivity contribution is 7.90. The van der Waals surface area contributed by atoms with Gasteiger partial charge in [0, 0.05) is 24.3 Å². The molecule has 0 amide bonds. The molecule has 0 aliphatic carbocycles. The molecule has 1 aromatic rings. The molecule has 0 saturated carbocycles. The molecule has 0 radical (unpaired) electrons. The van der Waals surface area contributed by atoms with Crippen molar-refractivity contribution in [3.05, 3.63) is 29.8 Å². The molecule has 0 spiro atoms. The monoisotopic (exact) mass is 325 g/mol. The van der Waals surface area contributed by atoms with Gasteiger partial charge in [-0.1, -0.05) is 0 Å². The Morgan fingerprint density at radius 3 is 2.32 bits per heavy atom. The number of benzene rings is 1. The molecule has 1 fully saturated rings. The van der Waals surface area contributed by atoms with E-state index < -0.39 is 9.84 Å². The van der Waals surface area contributed by atoms with Gasteiger partial charge in [0.1, 0.15) is 15.6 Å². The maximum Gasteiger partial charge on any atom is 0.166 e. The first-order chi connectivity index (χ1) is 10.4. The molecular weight excluding hydrogens is 302 g/mol. The van der Waals surface area contributed by atoms with E-state index >= 15 is 0 Å². The standard InChI is InChI=1S/C16H23NO4S/c1-21-15-5-3-13(4-6-15)16(18)14-7-9-17(10-8-14)11-12-22(2,19)20/h3-6,14H,7-12H2,1-2H3. The minimum atomic E-state index is -2.92. The van der Waals surface area contributed by atoms with Crippen LogP contribution in [0.2, 0.25) is 0 Å². The molecule has 0 unspecified atom stereocenters. The Balaban J connectivity index is 1.86. The van der Waals surface area contributed by atoms with Crippen molar-refractivity contribution < 1.29 is 17.9 Å². The van der Waals surface area contributed by atoms with E-state index in [9.17, 15) is 13.2 Å². The van der Waals surface area contributed by atoms with Gasteiger partial charge in [0.25, 0.3) is 0 Å². The third-order valence-corrected chi connectivity index (χ3v) is 5.04. The van der Waals surface area contributed by atoms with E-state index in [-0.39, 0.29) is 17.5 Å². The van der Waals surface area contributed by atoms with Crippen LogP contribution in [0.5, 0.6) is 5.75 Å². The molecular formula is C16H23NO4S. The minimum absolute atomic E-state index is 0.0304. The van der Waals surface area contributed by atoms with Crippen LogP contribution in [0.25, 0.3) is 0 Å². The number of carbonyl (C=O) groups excluding carboxylic acids is 1. The first-order valence-corrected chi connectivity index (χ1v) is 9.53. The van der Waals surface area contributed by atoms with Crippen LogP contribution in [0.3, 0.4) is 0 Å². The molecule has 2 rings (SSSR count). The molecule has 1 aliphatic heterocycles. The first-order valence-electron chi connectivity index (χ1n) is 7.47. The van der Waals surface area contributed by atoms with Gasteiger partial charge in [0.2, 0.25) is 0 Å². The van der Waals surface area contributed by atoms with Gasteiger partial charge < -0.3 is 9.64 Å². The average molecular weight is 325 g/mol. The summed E-state index contributed by atoms with van der Waals surface area (Å²) in [6.07, 6.45) is 2.83. The number of nitrogens with zero attached hydrogens (tertiary/aromatic N) is 1. The van der Waals surface area contributed by atoms with E-state index in [4.69, 9.17) is 4.74 Å². The second-order valence-electron chi connectivity index (χ2n) is 5.84. The Kier molecular flexibility index (Phi) is 5.58. The average Bonchev–Trinajstić information content (AvgIpc) is 2.52. The van der Waals surface area contributed by atoms with Crippen LogP contribution in [0, 0.1) is 5.92 Å². The molecule has 1 aromatic carbocycles. The summed E-state index contributed by atoms with van der Waals surface area (Å²) in [4.78, 5) is 14.6. The SMILES string of the molecule is COc1ccc(C(=O)C2CCN(CCS(C)(=O)=O)CC2)cc1. The zero-order chi connectivity index (χ0) is 16.2. The molecule has 6 heteroatoms. The summed E-state index contributed by atoms with van der Waals surface area (Å²) in [6, 6.07) is 7.21. The lowest BCUT2D eigenvalue weighted by molar-refractivity contribution is 0.0844. The largest absolute Gasteiger partial charge is 0.497 e. The molecule has 0 N–H and O–H groups in total. The van der Waals surface area contributed by atoms with E-state index in [0.29, 0.717) is 6.54 Å². The lowest BCUT2D eigenvalue weighted by atomic mass is 9.89. The van der Waals surface area contributed by atoms with Crippen molar-refractivity contribution in [3.8, 4) is 5.75 Å². The van der Waals surface area contributed by atoms with Crippen LogP contribution in [-0.4, -0.2) is 57.9 Å². The van der Waals surface area contributed by atoms with Gasteiger partial charge in [-0.05, 0) is 50.2 Å². The highest BCUT2D eigenvalue weighted by Crippen LogP contribution is 2.23. The van der Waals surface area contributed by atoms with Crippen molar-refractivity contribution in [1.29, 1.82) is 0 Å². The summed E-state index contributed by atoms with van der Waals surface area (Å²) in [5, 5.41) is 0. The Morgan fingerprint density at radius 2 is 1.82 bits per heavy atom. The molecule has 0 aromatic heterocycles. The minimum Gasteiger partial charge on any atom is -0.497 e. The fourth-order valence-corrected chi connectivity index (χ4v) is 3.29. The molecule has 0 bridgehead atoms. The van der Waals surface area contributed by atoms with Gasteiger partial charge in [-0.3, -0.25) is 4.79 Å². The van der Waals surface area contributed by atoms with Gasteiger partial charge in [-0.2, -0.15) is 0 Å². The molecule has 1 heterocycles. The predicted molar refractivity (Wildman–Crippen MR) is 86.2 cm³/mol. The fourth-order valence-electron chi connectivity index (χ4n) is 2.70. The Bertz CT molecular complexity index is 602. The number of hydrogen-bond donors (Lipinski definition) is 0. The van der Waals surface area contributed by atoms with Gasteiger partial charge in [-0.25, -0.2) is 8.42 Å². The zero-order valence-corrected chi connectivity index (χ0v) is 13.9. The third-order valence-electron chi connectivity index (χ3n) is 4.11. The summed E-state index contributed by atoms with van der Waals surface area (Å²) in [7, 11) is -1.32. The molecule has 0 atom stereocenters. The molecule has 22 heavy (non-hydrogen) atoms. The van der Waals surface area contributed by atoms with Crippen LogP contribution in [0.4, 0.5) is 0 Å². The van der Waals surface area contributed by atoms with Crippen molar-refractivity contribution in [2.45, 2.75) is 12.8 Å². The van der Waals surface area contributed by atoms with Crippen molar-refractivity contribution >= 4 is 15.6 Å². The third kappa shape index (κ3) is 4.81. The number of sulfone groups is 1. The second-order valence-corrected chi connectivity index (χ2v) is 8.10. The summed E-state index contributed by atoms with van der Waals surface area (Å²) in [5.74, 6) is 1.13. The van der Waals surface area contributed by atoms with Crippen molar-refractivity contribution in [2.24, 2.45) is 5.92 Å². The number of piperidine rings is 1. The number of carbonyl (C=O) groups is 1. The number of ketones is 1. The summed E-state index contributed by atoms with van der Waals surface area (Å²) < 4.78 is 27.5. The number of Topliss-reactive ketones (excluding diaryl/α,β-unsaturated/α-hetero) is 1. The Hall–Kier alpha value is -1.40. The molecule has 1 aliphatic rings. The Labute approximate surface area is 132 Å². The van der Waals surface area contributed by atoms with Gasteiger partial charge in [0.15, 0.2) is 5.78 Å². The van der Waals surface area contributed by atoms with E-state index in [1.807, 2.05) is 0 Å². The maximum atomic E-state index is 12.5. The number of hydrogen-bond acceptors (Lipinski definition) is 5. The van der Waals surface area contributed by atoms with Crippen molar-refractivity contribution in [3.63, 3.8) is 0 Å². The van der Waals surface area contributed by atoms with Crippen LogP contribution in [0.1, 0.15) is 23.2 Å². The topological polar surface area (TPSA) is 63.7 Å². The molecule has 1 saturated heterocycles. The fraction of sp³-hybridized carbons (Fsp3) is 0.562. The van der Waals surface area contributed by atoms with Crippen LogP contribution < -0.4 is 4.74 Å². The van der Waals surface area contributed by atoms with E-state index in [1.54, 1.807) is 31.4 Å². The van der Waals surface area contributed by atoms with Gasteiger partial charge in [0.05, 0.1) is 12.9 Å². The lowest BCUT2D eigenvalue weighted by Crippen LogP contribution is -2.38. The number of likely N-dealkylation sites (tertiary alicyclic amines) is 1. The highest BCUT2D eigenvalue weighted by Gasteiger charge is 2.26. The van der Waals surface area contributed by atoms with Gasteiger partial charge >= 0.3 is 0 Å². The van der Waals surface area contributed by atoms with E-state index in [1.165, 1.54) is 6.26 Å². The Morgan fingerprint density at radius 1 is 1.23 bits per heavy atom. The lowest BCUT2D eigenvalue weighted by Gasteiger charge is -2.31. The van der Waals surface area contributed by atoms with E-state index in [0.717, 1.165) is 37.2 Å². The quantitative estimate of drug-likeness (QED) is 0.744. The number of rotatable bonds is 6. The van der Waals surface area contributed by atoms with Crippen LogP contribution >= 0.6 is 0 Å². The first kappa shape index (κ1) is 17.0. The second kappa shape index (κ2) is 7.24.